The minimum Gasteiger partial charge on any atom is -0.495 e. The van der Waals surface area contributed by atoms with Gasteiger partial charge in [-0.3, -0.25) is 4.79 Å². The van der Waals surface area contributed by atoms with E-state index in [-0.39, 0.29) is 5.91 Å². The fraction of sp³-hybridized carbons (Fsp3) is 0.278. The van der Waals surface area contributed by atoms with E-state index in [0.29, 0.717) is 17.2 Å². The van der Waals surface area contributed by atoms with Crippen LogP contribution in [0, 0.1) is 13.8 Å². The van der Waals surface area contributed by atoms with Gasteiger partial charge in [0.1, 0.15) is 11.5 Å². The van der Waals surface area contributed by atoms with Crippen LogP contribution in [-0.4, -0.2) is 19.1 Å². The number of benzene rings is 2. The van der Waals surface area contributed by atoms with Crippen molar-refractivity contribution in [1.29, 1.82) is 0 Å². The monoisotopic (exact) mass is 377 g/mol. The highest BCUT2D eigenvalue weighted by Crippen LogP contribution is 2.28. The van der Waals surface area contributed by atoms with E-state index in [9.17, 15) is 4.79 Å². The molecule has 0 bridgehead atoms. The van der Waals surface area contributed by atoms with E-state index in [0.717, 1.165) is 15.6 Å². The fourth-order valence-electron chi connectivity index (χ4n) is 2.10. The van der Waals surface area contributed by atoms with Gasteiger partial charge in [-0.15, -0.1) is 0 Å². The average Bonchev–Trinajstić information content (AvgIpc) is 2.50. The molecule has 0 fully saturated rings. The standard InChI is InChI=1S/C18H20BrNO3/c1-11-5-7-16(14(19)9-11)23-13(3)18(21)20-15-10-12(2)6-8-17(15)22-4/h5-10,13H,1-4H3,(H,20,21)/t13-/m0/s1. The Morgan fingerprint density at radius 2 is 1.70 bits per heavy atom. The summed E-state index contributed by atoms with van der Waals surface area (Å²) in [6.07, 6.45) is -0.640. The first-order chi connectivity index (χ1) is 10.9. The Labute approximate surface area is 144 Å². The van der Waals surface area contributed by atoms with E-state index in [1.807, 2.05) is 50.2 Å². The molecule has 4 nitrogen and oxygen atoms in total. The maximum atomic E-state index is 12.4. The van der Waals surface area contributed by atoms with Gasteiger partial charge in [-0.2, -0.15) is 0 Å². The second-order valence-corrected chi connectivity index (χ2v) is 6.24. The highest BCUT2D eigenvalue weighted by molar-refractivity contribution is 9.10. The van der Waals surface area contributed by atoms with Gasteiger partial charge in [-0.25, -0.2) is 0 Å². The summed E-state index contributed by atoms with van der Waals surface area (Å²) >= 11 is 3.45. The third-order valence-corrected chi connectivity index (χ3v) is 3.99. The summed E-state index contributed by atoms with van der Waals surface area (Å²) in [6.45, 7) is 5.66. The molecule has 1 N–H and O–H groups in total. The van der Waals surface area contributed by atoms with Gasteiger partial charge in [0.15, 0.2) is 6.10 Å². The average molecular weight is 378 g/mol. The summed E-state index contributed by atoms with van der Waals surface area (Å²) in [6, 6.07) is 11.4. The molecule has 1 atom stereocenters. The third-order valence-electron chi connectivity index (χ3n) is 3.37. The van der Waals surface area contributed by atoms with Crippen molar-refractivity contribution in [2.45, 2.75) is 26.9 Å². The van der Waals surface area contributed by atoms with E-state index < -0.39 is 6.10 Å². The Kier molecular flexibility index (Phi) is 5.66. The number of halogens is 1. The molecule has 1 amide bonds. The molecule has 0 aliphatic rings. The summed E-state index contributed by atoms with van der Waals surface area (Å²) in [5.74, 6) is 1.02. The lowest BCUT2D eigenvalue weighted by atomic mass is 10.2. The minimum atomic E-state index is -0.640. The van der Waals surface area contributed by atoms with Crippen molar-refractivity contribution in [3.8, 4) is 11.5 Å². The van der Waals surface area contributed by atoms with Crippen molar-refractivity contribution in [2.75, 3.05) is 12.4 Å². The molecule has 0 saturated heterocycles. The van der Waals surface area contributed by atoms with Crippen LogP contribution in [-0.2, 0) is 4.79 Å². The van der Waals surface area contributed by atoms with Gasteiger partial charge in [-0.05, 0) is 72.1 Å². The molecule has 0 spiro atoms. The van der Waals surface area contributed by atoms with E-state index in [1.165, 1.54) is 0 Å². The molecule has 2 rings (SSSR count). The highest BCUT2D eigenvalue weighted by atomic mass is 79.9. The molecule has 23 heavy (non-hydrogen) atoms. The number of carbonyl (C=O) groups is 1. The lowest BCUT2D eigenvalue weighted by Gasteiger charge is -2.17. The van der Waals surface area contributed by atoms with Crippen LogP contribution in [0.25, 0.3) is 0 Å². The van der Waals surface area contributed by atoms with Crippen LogP contribution in [0.3, 0.4) is 0 Å². The first-order valence-corrected chi connectivity index (χ1v) is 8.08. The predicted octanol–water partition coefficient (Wildman–Crippen LogP) is 4.48. The minimum absolute atomic E-state index is 0.235. The topological polar surface area (TPSA) is 47.6 Å². The summed E-state index contributed by atoms with van der Waals surface area (Å²) in [5.41, 5.74) is 2.79. The largest absolute Gasteiger partial charge is 0.495 e. The SMILES string of the molecule is COc1ccc(C)cc1NC(=O)[C@H](C)Oc1ccc(C)cc1Br. The molecule has 0 aliphatic heterocycles. The molecular formula is C18H20BrNO3. The number of carbonyl (C=O) groups excluding carboxylic acids is 1. The van der Waals surface area contributed by atoms with E-state index >= 15 is 0 Å². The van der Waals surface area contributed by atoms with Crippen LogP contribution in [0.1, 0.15) is 18.1 Å². The van der Waals surface area contributed by atoms with Crippen molar-refractivity contribution in [3.63, 3.8) is 0 Å². The molecule has 2 aromatic carbocycles. The number of ether oxygens (including phenoxy) is 2. The fourth-order valence-corrected chi connectivity index (χ4v) is 2.69. The Balaban J connectivity index is 2.10. The summed E-state index contributed by atoms with van der Waals surface area (Å²) < 4.78 is 11.8. The third kappa shape index (κ3) is 4.48. The molecule has 0 aromatic heterocycles. The van der Waals surface area contributed by atoms with Crippen LogP contribution in [0.5, 0.6) is 11.5 Å². The molecule has 122 valence electrons. The summed E-state index contributed by atoms with van der Waals surface area (Å²) in [4.78, 5) is 12.4. The number of hydrogen-bond acceptors (Lipinski definition) is 3. The second-order valence-electron chi connectivity index (χ2n) is 5.39. The quantitative estimate of drug-likeness (QED) is 0.835. The number of methoxy groups -OCH3 is 1. The van der Waals surface area contributed by atoms with Gasteiger partial charge >= 0.3 is 0 Å². The van der Waals surface area contributed by atoms with Crippen molar-refractivity contribution < 1.29 is 14.3 Å². The summed E-state index contributed by atoms with van der Waals surface area (Å²) in [5, 5.41) is 2.85. The number of nitrogens with one attached hydrogen (secondary N) is 1. The van der Waals surface area contributed by atoms with Crippen LogP contribution in [0.15, 0.2) is 40.9 Å². The van der Waals surface area contributed by atoms with E-state index in [4.69, 9.17) is 9.47 Å². The number of amides is 1. The van der Waals surface area contributed by atoms with Crippen LogP contribution >= 0.6 is 15.9 Å². The zero-order valence-electron chi connectivity index (χ0n) is 13.6. The molecule has 0 radical (unpaired) electrons. The molecule has 2 aromatic rings. The molecule has 0 heterocycles. The number of aryl methyl sites for hydroxylation is 2. The van der Waals surface area contributed by atoms with E-state index in [2.05, 4.69) is 21.2 Å². The van der Waals surface area contributed by atoms with E-state index in [1.54, 1.807) is 14.0 Å². The van der Waals surface area contributed by atoms with Crippen LogP contribution in [0.2, 0.25) is 0 Å². The Bertz CT molecular complexity index is 715. The highest BCUT2D eigenvalue weighted by Gasteiger charge is 2.18. The van der Waals surface area contributed by atoms with Gasteiger partial charge in [0, 0.05) is 0 Å². The van der Waals surface area contributed by atoms with Crippen molar-refractivity contribution in [3.05, 3.63) is 52.0 Å². The second kappa shape index (κ2) is 7.51. The maximum absolute atomic E-state index is 12.4. The number of rotatable bonds is 5. The molecular weight excluding hydrogens is 358 g/mol. The smallest absolute Gasteiger partial charge is 0.265 e. The first-order valence-electron chi connectivity index (χ1n) is 7.29. The van der Waals surface area contributed by atoms with Gasteiger partial charge < -0.3 is 14.8 Å². The van der Waals surface area contributed by atoms with Crippen molar-refractivity contribution >= 4 is 27.5 Å². The van der Waals surface area contributed by atoms with Crippen LogP contribution < -0.4 is 14.8 Å². The van der Waals surface area contributed by atoms with Crippen molar-refractivity contribution in [2.24, 2.45) is 0 Å². The molecule has 5 heteroatoms. The van der Waals surface area contributed by atoms with Gasteiger partial charge in [0.05, 0.1) is 17.3 Å². The zero-order valence-corrected chi connectivity index (χ0v) is 15.2. The number of anilines is 1. The zero-order chi connectivity index (χ0) is 17.0. The van der Waals surface area contributed by atoms with Gasteiger partial charge in [0.25, 0.3) is 5.91 Å². The Morgan fingerprint density at radius 3 is 2.30 bits per heavy atom. The van der Waals surface area contributed by atoms with Crippen molar-refractivity contribution in [1.82, 2.24) is 0 Å². The lowest BCUT2D eigenvalue weighted by molar-refractivity contribution is -0.122. The molecule has 0 unspecified atom stereocenters. The number of hydrogen-bond donors (Lipinski definition) is 1. The Morgan fingerprint density at radius 1 is 1.09 bits per heavy atom. The Hall–Kier alpha value is -2.01. The normalized spacial score (nSPS) is 11.7. The van der Waals surface area contributed by atoms with Crippen LogP contribution in [0.4, 0.5) is 5.69 Å². The maximum Gasteiger partial charge on any atom is 0.265 e. The van der Waals surface area contributed by atoms with Gasteiger partial charge in [0.2, 0.25) is 0 Å². The predicted molar refractivity (Wildman–Crippen MR) is 95.3 cm³/mol. The summed E-state index contributed by atoms with van der Waals surface area (Å²) in [7, 11) is 1.57. The first kappa shape index (κ1) is 17.3. The molecule has 0 aliphatic carbocycles. The van der Waals surface area contributed by atoms with Gasteiger partial charge in [-0.1, -0.05) is 12.1 Å². The molecule has 0 saturated carbocycles. The lowest BCUT2D eigenvalue weighted by Crippen LogP contribution is -2.30.